The fourth-order valence-corrected chi connectivity index (χ4v) is 3.58. The van der Waals surface area contributed by atoms with E-state index in [2.05, 4.69) is 21.8 Å². The summed E-state index contributed by atoms with van der Waals surface area (Å²) in [6.07, 6.45) is 7.73. The summed E-state index contributed by atoms with van der Waals surface area (Å²) in [5.74, 6) is 6.33. The number of urea groups is 1. The maximum Gasteiger partial charge on any atom is 0.331 e. The summed E-state index contributed by atoms with van der Waals surface area (Å²) in [5.41, 5.74) is 3.68. The third-order valence-corrected chi connectivity index (χ3v) is 5.35. The van der Waals surface area contributed by atoms with Gasteiger partial charge in [-0.2, -0.15) is 0 Å². The van der Waals surface area contributed by atoms with Gasteiger partial charge in [0.25, 0.3) is 0 Å². The summed E-state index contributed by atoms with van der Waals surface area (Å²) >= 11 is 5.91. The van der Waals surface area contributed by atoms with Gasteiger partial charge in [-0.1, -0.05) is 17.5 Å². The van der Waals surface area contributed by atoms with Crippen LogP contribution in [0.15, 0.2) is 36.8 Å². The lowest BCUT2D eigenvalue weighted by Crippen LogP contribution is -2.30. The van der Waals surface area contributed by atoms with Crippen molar-refractivity contribution in [2.24, 2.45) is 0 Å². The Balaban J connectivity index is 1.60. The molecule has 0 aromatic carbocycles. The number of rotatable bonds is 2. The highest BCUT2D eigenvalue weighted by atomic mass is 35.5. The molecule has 0 radical (unpaired) electrons. The molecule has 0 N–H and O–H groups in total. The Morgan fingerprint density at radius 2 is 2.00 bits per heavy atom. The van der Waals surface area contributed by atoms with Crippen LogP contribution in [0.4, 0.5) is 10.5 Å². The molecule has 4 heterocycles. The molecule has 29 heavy (non-hydrogen) atoms. The Bertz CT molecular complexity index is 1230. The van der Waals surface area contributed by atoms with Crippen molar-refractivity contribution >= 4 is 34.9 Å². The van der Waals surface area contributed by atoms with Crippen molar-refractivity contribution in [1.29, 1.82) is 0 Å². The largest absolute Gasteiger partial charge is 0.331 e. The minimum atomic E-state index is -0.341. The van der Waals surface area contributed by atoms with Crippen molar-refractivity contribution in [2.45, 2.75) is 18.8 Å². The molecule has 1 saturated heterocycles. The summed E-state index contributed by atoms with van der Waals surface area (Å²) in [6.45, 7) is 0.0164. The van der Waals surface area contributed by atoms with E-state index in [-0.39, 0.29) is 18.5 Å². The standard InChI is InChI=1S/C21H16ClN5O2/c1-25-19(28)12-27(21(25)29)17-9-15(14-3-4-14)10-26-11-16(24-20(17)26)5-2-13-6-7-23-18(22)8-13/h6-11,14H,3-4,12H2,1H3. The summed E-state index contributed by atoms with van der Waals surface area (Å²) in [7, 11) is 1.49. The molecular formula is C21H16ClN5O2. The highest BCUT2D eigenvalue weighted by molar-refractivity contribution is 6.29. The van der Waals surface area contributed by atoms with Crippen molar-refractivity contribution in [2.75, 3.05) is 18.5 Å². The van der Waals surface area contributed by atoms with Gasteiger partial charge in [-0.3, -0.25) is 14.6 Å². The molecule has 3 amide bonds. The van der Waals surface area contributed by atoms with Gasteiger partial charge in [-0.05, 0) is 48.4 Å². The number of halogens is 1. The van der Waals surface area contributed by atoms with Gasteiger partial charge in [-0.25, -0.2) is 14.8 Å². The molecule has 2 fully saturated rings. The van der Waals surface area contributed by atoms with E-state index in [1.54, 1.807) is 18.3 Å². The van der Waals surface area contributed by atoms with Gasteiger partial charge in [0.1, 0.15) is 17.4 Å². The maximum atomic E-state index is 12.6. The molecule has 8 heteroatoms. The number of imidazole rings is 1. The van der Waals surface area contributed by atoms with E-state index in [9.17, 15) is 9.59 Å². The van der Waals surface area contributed by atoms with E-state index in [0.717, 1.165) is 28.9 Å². The van der Waals surface area contributed by atoms with Gasteiger partial charge in [0.05, 0.1) is 5.69 Å². The predicted octanol–water partition coefficient (Wildman–Crippen LogP) is 3.06. The highest BCUT2D eigenvalue weighted by Crippen LogP contribution is 2.42. The van der Waals surface area contributed by atoms with Gasteiger partial charge < -0.3 is 4.40 Å². The van der Waals surface area contributed by atoms with Crippen LogP contribution in [-0.2, 0) is 4.79 Å². The quantitative estimate of drug-likeness (QED) is 0.373. The van der Waals surface area contributed by atoms with E-state index in [0.29, 0.717) is 28.1 Å². The Hall–Kier alpha value is -3.37. The Morgan fingerprint density at radius 3 is 2.69 bits per heavy atom. The molecule has 144 valence electrons. The molecule has 0 atom stereocenters. The SMILES string of the molecule is CN1C(=O)CN(c2cc(C3CC3)cn3cc(C#Cc4ccnc(Cl)c4)nc23)C1=O. The average molecular weight is 406 g/mol. The van der Waals surface area contributed by atoms with Crippen LogP contribution >= 0.6 is 11.6 Å². The summed E-state index contributed by atoms with van der Waals surface area (Å²) < 4.78 is 1.89. The number of likely N-dealkylation sites (N-methyl/N-ethyl adjacent to an activating group) is 1. The number of hydrogen-bond donors (Lipinski definition) is 0. The van der Waals surface area contributed by atoms with Crippen molar-refractivity contribution in [3.8, 4) is 11.8 Å². The first kappa shape index (κ1) is 17.7. The van der Waals surface area contributed by atoms with Crippen LogP contribution in [0.2, 0.25) is 5.15 Å². The molecule has 0 bridgehead atoms. The minimum Gasteiger partial charge on any atom is -0.304 e. The number of hydrogen-bond acceptors (Lipinski definition) is 4. The monoisotopic (exact) mass is 405 g/mol. The van der Waals surface area contributed by atoms with Crippen molar-refractivity contribution < 1.29 is 9.59 Å². The molecule has 1 saturated carbocycles. The van der Waals surface area contributed by atoms with Crippen LogP contribution in [0, 0.1) is 11.8 Å². The molecule has 2 aliphatic rings. The Morgan fingerprint density at radius 1 is 1.17 bits per heavy atom. The maximum absolute atomic E-state index is 12.6. The molecule has 7 nitrogen and oxygen atoms in total. The second-order valence-corrected chi connectivity index (χ2v) is 7.62. The van der Waals surface area contributed by atoms with E-state index < -0.39 is 0 Å². The van der Waals surface area contributed by atoms with Gasteiger partial charge in [0.15, 0.2) is 5.65 Å². The number of imide groups is 1. The van der Waals surface area contributed by atoms with Crippen LogP contribution < -0.4 is 4.90 Å². The fraction of sp³-hybridized carbons (Fsp3) is 0.238. The fourth-order valence-electron chi connectivity index (χ4n) is 3.40. The van der Waals surface area contributed by atoms with Crippen LogP contribution in [0.25, 0.3) is 5.65 Å². The van der Waals surface area contributed by atoms with E-state index >= 15 is 0 Å². The Kier molecular flexibility index (Phi) is 4.03. The summed E-state index contributed by atoms with van der Waals surface area (Å²) in [5, 5.41) is 0.379. The van der Waals surface area contributed by atoms with E-state index in [1.807, 2.05) is 22.9 Å². The summed E-state index contributed by atoms with van der Waals surface area (Å²) in [6, 6.07) is 5.09. The van der Waals surface area contributed by atoms with Crippen molar-refractivity contribution in [3.05, 3.63) is 58.8 Å². The van der Waals surface area contributed by atoms with Crippen molar-refractivity contribution in [1.82, 2.24) is 19.3 Å². The number of anilines is 1. The molecule has 3 aromatic heterocycles. The van der Waals surface area contributed by atoms with Crippen LogP contribution in [0.1, 0.15) is 35.6 Å². The first-order valence-electron chi connectivity index (χ1n) is 9.24. The van der Waals surface area contributed by atoms with E-state index in [1.165, 1.54) is 11.9 Å². The number of carbonyl (C=O) groups excluding carboxylic acids is 2. The van der Waals surface area contributed by atoms with Gasteiger partial charge in [0.2, 0.25) is 5.91 Å². The normalized spacial score (nSPS) is 16.5. The molecule has 1 aliphatic carbocycles. The second-order valence-electron chi connectivity index (χ2n) is 7.23. The van der Waals surface area contributed by atoms with Gasteiger partial charge in [0, 0.05) is 31.2 Å². The first-order chi connectivity index (χ1) is 14.0. The zero-order chi connectivity index (χ0) is 20.1. The second kappa shape index (κ2) is 6.61. The molecule has 3 aromatic rings. The number of nitrogens with zero attached hydrogens (tertiary/aromatic N) is 5. The average Bonchev–Trinajstić information content (AvgIpc) is 3.42. The minimum absolute atomic E-state index is 0.0164. The van der Waals surface area contributed by atoms with Gasteiger partial charge >= 0.3 is 6.03 Å². The molecule has 1 aliphatic heterocycles. The lowest BCUT2D eigenvalue weighted by atomic mass is 10.1. The Labute approximate surface area is 171 Å². The zero-order valence-corrected chi connectivity index (χ0v) is 16.3. The third kappa shape index (κ3) is 3.22. The van der Waals surface area contributed by atoms with Crippen LogP contribution in [-0.4, -0.2) is 44.8 Å². The number of aromatic nitrogens is 3. The number of pyridine rings is 2. The van der Waals surface area contributed by atoms with Crippen molar-refractivity contribution in [3.63, 3.8) is 0 Å². The lowest BCUT2D eigenvalue weighted by molar-refractivity contribution is -0.123. The van der Waals surface area contributed by atoms with E-state index in [4.69, 9.17) is 11.6 Å². The predicted molar refractivity (Wildman–Crippen MR) is 108 cm³/mol. The number of carbonyl (C=O) groups is 2. The number of amides is 3. The van der Waals surface area contributed by atoms with Crippen LogP contribution in [0.3, 0.4) is 0 Å². The molecule has 5 rings (SSSR count). The molecule has 0 spiro atoms. The lowest BCUT2D eigenvalue weighted by Gasteiger charge is -2.17. The van der Waals surface area contributed by atoms with Gasteiger partial charge in [-0.15, -0.1) is 0 Å². The highest BCUT2D eigenvalue weighted by Gasteiger charge is 2.36. The molecular weight excluding hydrogens is 390 g/mol. The summed E-state index contributed by atoms with van der Waals surface area (Å²) in [4.78, 5) is 35.8. The smallest absolute Gasteiger partial charge is 0.304 e. The molecule has 0 unspecified atom stereocenters. The number of fused-ring (bicyclic) bond motifs is 1. The zero-order valence-electron chi connectivity index (χ0n) is 15.6. The van der Waals surface area contributed by atoms with Crippen LogP contribution in [0.5, 0.6) is 0 Å². The third-order valence-electron chi connectivity index (χ3n) is 5.14. The first-order valence-corrected chi connectivity index (χ1v) is 9.61. The topological polar surface area (TPSA) is 70.8 Å².